The van der Waals surface area contributed by atoms with Crippen molar-refractivity contribution >= 4 is 6.03 Å². The molecule has 0 aromatic heterocycles. The van der Waals surface area contributed by atoms with Gasteiger partial charge in [0.05, 0.1) is 13.2 Å². The van der Waals surface area contributed by atoms with Gasteiger partial charge in [-0.25, -0.2) is 4.79 Å². The highest BCUT2D eigenvalue weighted by Gasteiger charge is 2.27. The third kappa shape index (κ3) is 2.67. The Morgan fingerprint density at radius 3 is 2.62 bits per heavy atom. The number of likely N-dealkylation sites (tertiary alicyclic amines) is 1. The molecule has 92 valence electrons. The minimum absolute atomic E-state index is 0.220. The second kappa shape index (κ2) is 5.53. The number of carbonyl (C=O) groups excluding carboxylic acids is 1. The van der Waals surface area contributed by atoms with Gasteiger partial charge in [-0.1, -0.05) is 12.8 Å². The van der Waals surface area contributed by atoms with Crippen LogP contribution in [0.3, 0.4) is 0 Å². The number of morpholine rings is 1. The molecule has 2 heterocycles. The summed E-state index contributed by atoms with van der Waals surface area (Å²) in [5, 5.41) is 0. The minimum Gasteiger partial charge on any atom is -0.378 e. The summed E-state index contributed by atoms with van der Waals surface area (Å²) < 4.78 is 5.28. The summed E-state index contributed by atoms with van der Waals surface area (Å²) in [5.41, 5.74) is 0. The largest absolute Gasteiger partial charge is 0.378 e. The topological polar surface area (TPSA) is 32.8 Å². The van der Waals surface area contributed by atoms with Crippen LogP contribution in [0.15, 0.2) is 0 Å². The second-order valence-electron chi connectivity index (χ2n) is 4.77. The number of hydrogen-bond acceptors (Lipinski definition) is 2. The predicted octanol–water partition coefficient (Wildman–Crippen LogP) is 1.70. The zero-order valence-electron chi connectivity index (χ0n) is 10.2. The molecule has 0 aromatic carbocycles. The fourth-order valence-electron chi connectivity index (χ4n) is 2.50. The van der Waals surface area contributed by atoms with Crippen LogP contribution in [0.4, 0.5) is 4.79 Å². The molecule has 0 radical (unpaired) electrons. The van der Waals surface area contributed by atoms with E-state index in [2.05, 4.69) is 11.8 Å². The number of carbonyl (C=O) groups is 1. The third-order valence-corrected chi connectivity index (χ3v) is 3.58. The molecule has 2 rings (SSSR count). The zero-order chi connectivity index (χ0) is 11.4. The van der Waals surface area contributed by atoms with E-state index in [-0.39, 0.29) is 6.03 Å². The molecule has 2 aliphatic heterocycles. The van der Waals surface area contributed by atoms with Gasteiger partial charge in [-0.2, -0.15) is 0 Å². The monoisotopic (exact) mass is 226 g/mol. The first-order valence-corrected chi connectivity index (χ1v) is 6.42. The summed E-state index contributed by atoms with van der Waals surface area (Å²) in [7, 11) is 0. The predicted molar refractivity (Wildman–Crippen MR) is 62.4 cm³/mol. The molecular formula is C12H22N2O2. The van der Waals surface area contributed by atoms with Crippen molar-refractivity contribution in [1.82, 2.24) is 9.80 Å². The van der Waals surface area contributed by atoms with Crippen LogP contribution < -0.4 is 0 Å². The van der Waals surface area contributed by atoms with Crippen molar-refractivity contribution in [3.05, 3.63) is 0 Å². The summed E-state index contributed by atoms with van der Waals surface area (Å²) in [6.45, 7) is 5.98. The molecule has 2 amide bonds. The molecule has 4 heteroatoms. The van der Waals surface area contributed by atoms with Crippen LogP contribution in [0, 0.1) is 0 Å². The van der Waals surface area contributed by atoms with E-state index in [4.69, 9.17) is 4.74 Å². The lowest BCUT2D eigenvalue weighted by Crippen LogP contribution is -2.50. The van der Waals surface area contributed by atoms with E-state index < -0.39 is 0 Å². The highest BCUT2D eigenvalue weighted by atomic mass is 16.5. The summed E-state index contributed by atoms with van der Waals surface area (Å²) in [6.07, 6.45) is 4.82. The molecule has 0 bridgehead atoms. The molecule has 2 saturated heterocycles. The van der Waals surface area contributed by atoms with Crippen LogP contribution in [-0.4, -0.2) is 54.7 Å². The summed E-state index contributed by atoms with van der Waals surface area (Å²) in [4.78, 5) is 16.3. The van der Waals surface area contributed by atoms with Gasteiger partial charge in [0.2, 0.25) is 0 Å². The number of urea groups is 1. The lowest BCUT2D eigenvalue weighted by Gasteiger charge is -2.35. The molecule has 0 aromatic rings. The second-order valence-corrected chi connectivity index (χ2v) is 4.77. The Kier molecular flexibility index (Phi) is 4.04. The smallest absolute Gasteiger partial charge is 0.320 e. The van der Waals surface area contributed by atoms with E-state index in [1.165, 1.54) is 12.8 Å². The van der Waals surface area contributed by atoms with Gasteiger partial charge in [-0.3, -0.25) is 0 Å². The molecule has 0 aliphatic carbocycles. The van der Waals surface area contributed by atoms with E-state index in [0.717, 1.165) is 32.5 Å². The molecule has 1 atom stereocenters. The van der Waals surface area contributed by atoms with Crippen molar-refractivity contribution in [3.8, 4) is 0 Å². The number of ether oxygens (including phenoxy) is 1. The minimum atomic E-state index is 0.220. The summed E-state index contributed by atoms with van der Waals surface area (Å²) in [5.74, 6) is 0. The summed E-state index contributed by atoms with van der Waals surface area (Å²) in [6, 6.07) is 0.621. The highest BCUT2D eigenvalue weighted by molar-refractivity contribution is 5.75. The van der Waals surface area contributed by atoms with Crippen molar-refractivity contribution in [1.29, 1.82) is 0 Å². The highest BCUT2D eigenvalue weighted by Crippen LogP contribution is 2.18. The van der Waals surface area contributed by atoms with E-state index in [9.17, 15) is 4.79 Å². The number of amides is 2. The van der Waals surface area contributed by atoms with Crippen LogP contribution in [0.5, 0.6) is 0 Å². The van der Waals surface area contributed by atoms with Gasteiger partial charge in [0.1, 0.15) is 0 Å². The molecule has 16 heavy (non-hydrogen) atoms. The van der Waals surface area contributed by atoms with E-state index in [0.29, 0.717) is 19.3 Å². The molecular weight excluding hydrogens is 204 g/mol. The Bertz CT molecular complexity index is 239. The number of hydrogen-bond donors (Lipinski definition) is 0. The fourth-order valence-corrected chi connectivity index (χ4v) is 2.50. The molecule has 1 unspecified atom stereocenters. The van der Waals surface area contributed by atoms with Crippen LogP contribution >= 0.6 is 0 Å². The van der Waals surface area contributed by atoms with Gasteiger partial charge in [0.15, 0.2) is 0 Å². The first-order valence-electron chi connectivity index (χ1n) is 6.42. The van der Waals surface area contributed by atoms with Crippen molar-refractivity contribution in [2.24, 2.45) is 0 Å². The number of nitrogens with zero attached hydrogens (tertiary/aromatic N) is 2. The van der Waals surface area contributed by atoms with Gasteiger partial charge >= 0.3 is 6.03 Å². The maximum atomic E-state index is 12.3. The maximum Gasteiger partial charge on any atom is 0.320 e. The first kappa shape index (κ1) is 11.7. The van der Waals surface area contributed by atoms with E-state index in [1.807, 2.05) is 4.90 Å². The Balaban J connectivity index is 1.95. The Labute approximate surface area is 97.5 Å². The fraction of sp³-hybridized carbons (Fsp3) is 0.917. The SMILES string of the molecule is CC1CCCCCN1C(=O)N1CCOCC1. The molecule has 0 spiro atoms. The van der Waals surface area contributed by atoms with Crippen molar-refractivity contribution in [2.75, 3.05) is 32.8 Å². The van der Waals surface area contributed by atoms with Crippen LogP contribution in [0.25, 0.3) is 0 Å². The average Bonchev–Trinajstić information content (AvgIpc) is 2.54. The molecule has 0 N–H and O–H groups in total. The lowest BCUT2D eigenvalue weighted by molar-refractivity contribution is 0.0401. The summed E-state index contributed by atoms with van der Waals surface area (Å²) >= 11 is 0. The Morgan fingerprint density at radius 1 is 1.12 bits per heavy atom. The normalized spacial score (nSPS) is 27.7. The first-order chi connectivity index (χ1) is 7.79. The lowest BCUT2D eigenvalue weighted by atomic mass is 10.1. The van der Waals surface area contributed by atoms with Gasteiger partial charge < -0.3 is 14.5 Å². The van der Waals surface area contributed by atoms with Crippen LogP contribution in [0.2, 0.25) is 0 Å². The van der Waals surface area contributed by atoms with Crippen LogP contribution in [0.1, 0.15) is 32.6 Å². The van der Waals surface area contributed by atoms with Gasteiger partial charge in [-0.05, 0) is 19.8 Å². The maximum absolute atomic E-state index is 12.3. The Hall–Kier alpha value is -0.770. The van der Waals surface area contributed by atoms with Crippen molar-refractivity contribution < 1.29 is 9.53 Å². The molecule has 2 fully saturated rings. The van der Waals surface area contributed by atoms with E-state index >= 15 is 0 Å². The van der Waals surface area contributed by atoms with Gasteiger partial charge in [-0.15, -0.1) is 0 Å². The third-order valence-electron chi connectivity index (χ3n) is 3.58. The molecule has 0 saturated carbocycles. The quantitative estimate of drug-likeness (QED) is 0.630. The standard InChI is InChI=1S/C12H22N2O2/c1-11-5-3-2-4-6-14(11)12(15)13-7-9-16-10-8-13/h11H,2-10H2,1H3. The average molecular weight is 226 g/mol. The Morgan fingerprint density at radius 2 is 1.88 bits per heavy atom. The molecule has 2 aliphatic rings. The zero-order valence-corrected chi connectivity index (χ0v) is 10.2. The van der Waals surface area contributed by atoms with Crippen molar-refractivity contribution in [2.45, 2.75) is 38.6 Å². The van der Waals surface area contributed by atoms with E-state index in [1.54, 1.807) is 0 Å². The van der Waals surface area contributed by atoms with Crippen molar-refractivity contribution in [3.63, 3.8) is 0 Å². The number of rotatable bonds is 0. The van der Waals surface area contributed by atoms with Crippen LogP contribution in [-0.2, 0) is 4.74 Å². The van der Waals surface area contributed by atoms with Gasteiger partial charge in [0, 0.05) is 25.7 Å². The van der Waals surface area contributed by atoms with Gasteiger partial charge in [0.25, 0.3) is 0 Å². The molecule has 4 nitrogen and oxygen atoms in total.